The molecule has 0 spiro atoms. The normalized spacial score (nSPS) is 23.4. The number of hydrogen-bond acceptors (Lipinski definition) is 6. The van der Waals surface area contributed by atoms with Crippen LogP contribution in [0.25, 0.3) is 11.0 Å². The summed E-state index contributed by atoms with van der Waals surface area (Å²) in [5, 5.41) is 9.58. The van der Waals surface area contributed by atoms with Crippen LogP contribution in [-0.4, -0.2) is 29.6 Å². The summed E-state index contributed by atoms with van der Waals surface area (Å²) in [4.78, 5) is 9.08. The van der Waals surface area contributed by atoms with Crippen molar-refractivity contribution in [3.8, 4) is 0 Å². The maximum atomic E-state index is 11.1. The molecule has 3 N–H and O–H groups in total. The van der Waals surface area contributed by atoms with Gasteiger partial charge in [-0.1, -0.05) is 28.1 Å². The van der Waals surface area contributed by atoms with Gasteiger partial charge in [-0.05, 0) is 61.3 Å². The Morgan fingerprint density at radius 3 is 2.94 bits per heavy atom. The molecular formula is C21H24BrN5O3S. The number of nitrogens with zero attached hydrogens (tertiary/aromatic N) is 3. The fourth-order valence-electron chi connectivity index (χ4n) is 4.95. The molecule has 0 amide bonds. The average Bonchev–Trinajstić information content (AvgIpc) is 3.45. The molecule has 0 unspecified atom stereocenters. The summed E-state index contributed by atoms with van der Waals surface area (Å²) in [5.74, 6) is 1.00. The number of hydrogen-bond donors (Lipinski definition) is 2. The first-order valence-electron chi connectivity index (χ1n) is 10.4. The molecule has 164 valence electrons. The van der Waals surface area contributed by atoms with Crippen molar-refractivity contribution in [3.63, 3.8) is 0 Å². The fourth-order valence-corrected chi connectivity index (χ4v) is 5.91. The minimum absolute atomic E-state index is 0.132. The van der Waals surface area contributed by atoms with E-state index in [0.717, 1.165) is 53.4 Å². The molecule has 2 aliphatic carbocycles. The van der Waals surface area contributed by atoms with Crippen LogP contribution in [0.5, 0.6) is 0 Å². The van der Waals surface area contributed by atoms with Gasteiger partial charge in [-0.3, -0.25) is 4.18 Å². The maximum Gasteiger partial charge on any atom is 0.333 e. The monoisotopic (exact) mass is 505 g/mol. The first-order valence-corrected chi connectivity index (χ1v) is 12.7. The Kier molecular flexibility index (Phi) is 5.49. The van der Waals surface area contributed by atoms with E-state index in [-0.39, 0.29) is 24.6 Å². The van der Waals surface area contributed by atoms with Crippen molar-refractivity contribution in [2.75, 3.05) is 11.9 Å². The third-order valence-electron chi connectivity index (χ3n) is 6.41. The maximum absolute atomic E-state index is 11.1. The summed E-state index contributed by atoms with van der Waals surface area (Å²) in [6.07, 6.45) is 8.39. The highest BCUT2D eigenvalue weighted by Gasteiger charge is 2.29. The average molecular weight is 506 g/mol. The highest BCUT2D eigenvalue weighted by atomic mass is 79.9. The molecule has 10 heteroatoms. The zero-order valence-electron chi connectivity index (χ0n) is 16.9. The van der Waals surface area contributed by atoms with Crippen molar-refractivity contribution >= 4 is 43.1 Å². The summed E-state index contributed by atoms with van der Waals surface area (Å²) in [6, 6.07) is 8.87. The Morgan fingerprint density at radius 1 is 1.23 bits per heavy atom. The van der Waals surface area contributed by atoms with Gasteiger partial charge >= 0.3 is 10.3 Å². The molecule has 1 aromatic carbocycles. The van der Waals surface area contributed by atoms with E-state index < -0.39 is 10.3 Å². The topological polar surface area (TPSA) is 112 Å². The lowest BCUT2D eigenvalue weighted by molar-refractivity contribution is 0.253. The van der Waals surface area contributed by atoms with Crippen LogP contribution in [-0.2, 0) is 20.9 Å². The van der Waals surface area contributed by atoms with Crippen molar-refractivity contribution in [2.24, 2.45) is 11.1 Å². The number of halogens is 1. The van der Waals surface area contributed by atoms with E-state index in [1.54, 1.807) is 6.33 Å². The molecule has 2 aromatic heterocycles. The molecule has 3 aromatic rings. The Balaban J connectivity index is 1.35. The van der Waals surface area contributed by atoms with Crippen molar-refractivity contribution in [2.45, 2.75) is 44.2 Å². The zero-order chi connectivity index (χ0) is 21.6. The molecular weight excluding hydrogens is 482 g/mol. The van der Waals surface area contributed by atoms with E-state index >= 15 is 0 Å². The Morgan fingerprint density at radius 2 is 2.10 bits per heavy atom. The van der Waals surface area contributed by atoms with Crippen LogP contribution in [0.15, 0.2) is 41.3 Å². The minimum Gasteiger partial charge on any atom is -0.363 e. The van der Waals surface area contributed by atoms with E-state index in [2.05, 4.69) is 66.2 Å². The van der Waals surface area contributed by atoms with Gasteiger partial charge < -0.3 is 9.88 Å². The SMILES string of the molecule is NS(=O)(=O)OC[C@H]1CC[C@H](n2ccc3c(N[C@H]4CCc5c(Br)cccc54)ncnc32)C1. The molecule has 5 rings (SSSR count). The van der Waals surface area contributed by atoms with Crippen molar-refractivity contribution in [1.82, 2.24) is 14.5 Å². The van der Waals surface area contributed by atoms with Crippen molar-refractivity contribution in [1.29, 1.82) is 0 Å². The van der Waals surface area contributed by atoms with Crippen molar-refractivity contribution in [3.05, 3.63) is 52.4 Å². The number of benzene rings is 1. The molecule has 2 heterocycles. The molecule has 0 saturated heterocycles. The predicted octanol–water partition coefficient (Wildman–Crippen LogP) is 3.85. The molecule has 2 aliphatic rings. The Hall–Kier alpha value is -2.01. The molecule has 3 atom stereocenters. The van der Waals surface area contributed by atoms with Crippen LogP contribution < -0.4 is 10.5 Å². The smallest absolute Gasteiger partial charge is 0.333 e. The second-order valence-electron chi connectivity index (χ2n) is 8.34. The standard InChI is InChI=1S/C21H24BrN5O3S/c22-18-3-1-2-16-15(18)6-7-19(16)26-20-17-8-9-27(21(17)25-12-24-20)14-5-4-13(10-14)11-30-31(23,28)29/h1-3,8-9,12-14,19H,4-7,10-11H2,(H2,23,28,29)(H,24,25,26)/t13-,14-,19-/m0/s1. The number of rotatable bonds is 6. The van der Waals surface area contributed by atoms with Gasteiger partial charge in [-0.15, -0.1) is 0 Å². The van der Waals surface area contributed by atoms with Crippen LogP contribution in [0.2, 0.25) is 0 Å². The first kappa shape index (κ1) is 20.9. The fraction of sp³-hybridized carbons (Fsp3) is 0.429. The summed E-state index contributed by atoms with van der Waals surface area (Å²) >= 11 is 3.66. The van der Waals surface area contributed by atoms with Crippen LogP contribution in [0.3, 0.4) is 0 Å². The predicted molar refractivity (Wildman–Crippen MR) is 122 cm³/mol. The molecule has 1 saturated carbocycles. The Bertz CT molecular complexity index is 1230. The van der Waals surface area contributed by atoms with Gasteiger partial charge in [0, 0.05) is 16.7 Å². The zero-order valence-corrected chi connectivity index (χ0v) is 19.3. The summed E-state index contributed by atoms with van der Waals surface area (Å²) < 4.78 is 30.3. The van der Waals surface area contributed by atoms with Crippen LogP contribution in [0, 0.1) is 5.92 Å². The van der Waals surface area contributed by atoms with Gasteiger partial charge in [0.05, 0.1) is 18.0 Å². The lowest BCUT2D eigenvalue weighted by atomic mass is 10.1. The van der Waals surface area contributed by atoms with Crippen LogP contribution in [0.4, 0.5) is 5.82 Å². The minimum atomic E-state index is -3.90. The molecule has 1 fully saturated rings. The number of nitrogens with two attached hydrogens (primary N) is 1. The van der Waals surface area contributed by atoms with Crippen molar-refractivity contribution < 1.29 is 12.6 Å². The second-order valence-corrected chi connectivity index (χ2v) is 10.4. The third-order valence-corrected chi connectivity index (χ3v) is 7.62. The molecule has 0 bridgehead atoms. The van der Waals surface area contributed by atoms with E-state index in [9.17, 15) is 8.42 Å². The number of nitrogens with one attached hydrogen (secondary N) is 1. The number of aromatic nitrogens is 3. The molecule has 0 aliphatic heterocycles. The number of fused-ring (bicyclic) bond motifs is 2. The van der Waals surface area contributed by atoms with Crippen LogP contribution >= 0.6 is 15.9 Å². The van der Waals surface area contributed by atoms with Gasteiger partial charge in [-0.25, -0.2) is 15.1 Å². The van der Waals surface area contributed by atoms with Gasteiger partial charge in [0.15, 0.2) is 0 Å². The van der Waals surface area contributed by atoms with Gasteiger partial charge in [0.25, 0.3) is 0 Å². The summed E-state index contributed by atoms with van der Waals surface area (Å²) in [5.41, 5.74) is 3.57. The quantitative estimate of drug-likeness (QED) is 0.525. The summed E-state index contributed by atoms with van der Waals surface area (Å²) in [7, 11) is -3.90. The first-order chi connectivity index (χ1) is 14.9. The highest BCUT2D eigenvalue weighted by Crippen LogP contribution is 2.40. The van der Waals surface area contributed by atoms with E-state index in [0.29, 0.717) is 0 Å². The van der Waals surface area contributed by atoms with E-state index in [1.807, 2.05) is 0 Å². The Labute approximate surface area is 189 Å². The largest absolute Gasteiger partial charge is 0.363 e. The number of anilines is 1. The van der Waals surface area contributed by atoms with Crippen LogP contribution in [0.1, 0.15) is 48.9 Å². The molecule has 31 heavy (non-hydrogen) atoms. The van der Waals surface area contributed by atoms with Gasteiger partial charge in [0.1, 0.15) is 17.8 Å². The van der Waals surface area contributed by atoms with E-state index in [4.69, 9.17) is 9.32 Å². The summed E-state index contributed by atoms with van der Waals surface area (Å²) in [6.45, 7) is 0.132. The second kappa shape index (κ2) is 8.16. The van der Waals surface area contributed by atoms with Gasteiger partial charge in [0.2, 0.25) is 0 Å². The molecule has 8 nitrogen and oxygen atoms in total. The van der Waals surface area contributed by atoms with E-state index in [1.165, 1.54) is 11.1 Å². The molecule has 0 radical (unpaired) electrons. The highest BCUT2D eigenvalue weighted by molar-refractivity contribution is 9.10. The lowest BCUT2D eigenvalue weighted by Crippen LogP contribution is -2.19. The third kappa shape index (κ3) is 4.21. The lowest BCUT2D eigenvalue weighted by Gasteiger charge is -2.17. The van der Waals surface area contributed by atoms with Gasteiger partial charge in [-0.2, -0.15) is 8.42 Å².